The first-order chi connectivity index (χ1) is 9.92. The molecule has 0 aliphatic rings. The maximum absolute atomic E-state index is 12.1. The van der Waals surface area contributed by atoms with Gasteiger partial charge in [-0.05, 0) is 22.0 Å². The van der Waals surface area contributed by atoms with Gasteiger partial charge in [0.1, 0.15) is 5.75 Å². The van der Waals surface area contributed by atoms with E-state index in [2.05, 4.69) is 26.3 Å². The van der Waals surface area contributed by atoms with Gasteiger partial charge in [0.2, 0.25) is 0 Å². The molecule has 1 N–H and O–H groups in total. The van der Waals surface area contributed by atoms with Gasteiger partial charge in [-0.3, -0.25) is 19.6 Å². The van der Waals surface area contributed by atoms with Crippen LogP contribution in [0.25, 0.3) is 0 Å². The Morgan fingerprint density at radius 1 is 1.52 bits per heavy atom. The molecule has 0 unspecified atom stereocenters. The molecule has 21 heavy (non-hydrogen) atoms. The summed E-state index contributed by atoms with van der Waals surface area (Å²) in [5, 5.41) is 17.3. The third kappa shape index (κ3) is 3.19. The van der Waals surface area contributed by atoms with Gasteiger partial charge in [-0.25, -0.2) is 0 Å². The van der Waals surface area contributed by atoms with Crippen molar-refractivity contribution in [2.24, 2.45) is 7.05 Å². The lowest BCUT2D eigenvalue weighted by atomic mass is 10.2. The number of nitro benzene ring substituents is 1. The number of anilines is 1. The van der Waals surface area contributed by atoms with E-state index in [-0.39, 0.29) is 17.1 Å². The molecule has 2 rings (SSSR count). The highest BCUT2D eigenvalue weighted by atomic mass is 79.9. The third-order valence-corrected chi connectivity index (χ3v) is 3.22. The molecule has 0 radical (unpaired) electrons. The van der Waals surface area contributed by atoms with Crippen LogP contribution in [0.2, 0.25) is 0 Å². The Bertz CT molecular complexity index is 713. The maximum atomic E-state index is 12.1. The van der Waals surface area contributed by atoms with Crippen LogP contribution in [0.4, 0.5) is 11.4 Å². The fourth-order valence-corrected chi connectivity index (χ4v) is 2.25. The number of non-ortho nitro benzene ring substituents is 1. The molecule has 0 aliphatic heterocycles. The predicted octanol–water partition coefficient (Wildman–Crippen LogP) is 2.35. The van der Waals surface area contributed by atoms with Gasteiger partial charge in [-0.2, -0.15) is 5.10 Å². The van der Waals surface area contributed by atoms with Gasteiger partial charge in [0.25, 0.3) is 11.6 Å². The van der Waals surface area contributed by atoms with Crippen LogP contribution in [-0.2, 0) is 7.05 Å². The van der Waals surface area contributed by atoms with E-state index in [4.69, 9.17) is 4.74 Å². The molecule has 0 atom stereocenters. The lowest BCUT2D eigenvalue weighted by Crippen LogP contribution is -2.14. The fourth-order valence-electron chi connectivity index (χ4n) is 1.69. The molecular weight excluding hydrogens is 344 g/mol. The van der Waals surface area contributed by atoms with Crippen LogP contribution in [-0.4, -0.2) is 27.7 Å². The molecule has 0 fully saturated rings. The van der Waals surface area contributed by atoms with Crippen LogP contribution >= 0.6 is 15.9 Å². The summed E-state index contributed by atoms with van der Waals surface area (Å²) in [5.74, 6) is -0.251. The van der Waals surface area contributed by atoms with Gasteiger partial charge in [0.05, 0.1) is 28.3 Å². The number of hydrogen-bond donors (Lipinski definition) is 1. The number of nitro groups is 1. The van der Waals surface area contributed by atoms with Crippen molar-refractivity contribution in [2.75, 3.05) is 12.4 Å². The van der Waals surface area contributed by atoms with Crippen molar-refractivity contribution in [1.29, 1.82) is 0 Å². The highest BCUT2D eigenvalue weighted by Crippen LogP contribution is 2.29. The van der Waals surface area contributed by atoms with Crippen molar-refractivity contribution < 1.29 is 14.5 Å². The van der Waals surface area contributed by atoms with Crippen LogP contribution in [0.3, 0.4) is 0 Å². The summed E-state index contributed by atoms with van der Waals surface area (Å²) in [6.45, 7) is 0. The zero-order valence-corrected chi connectivity index (χ0v) is 12.7. The average molecular weight is 355 g/mol. The van der Waals surface area contributed by atoms with Crippen molar-refractivity contribution in [3.05, 3.63) is 44.7 Å². The summed E-state index contributed by atoms with van der Waals surface area (Å²) in [7, 11) is 3.05. The van der Waals surface area contributed by atoms with Crippen molar-refractivity contribution in [1.82, 2.24) is 9.78 Å². The lowest BCUT2D eigenvalue weighted by Gasteiger charge is -2.09. The molecule has 0 aliphatic carbocycles. The minimum Gasteiger partial charge on any atom is -0.494 e. The first-order valence-corrected chi connectivity index (χ1v) is 6.54. The molecule has 2 aromatic rings. The number of hydrogen-bond acceptors (Lipinski definition) is 5. The van der Waals surface area contributed by atoms with Gasteiger partial charge in [0, 0.05) is 19.3 Å². The zero-order chi connectivity index (χ0) is 15.6. The number of nitrogens with one attached hydrogen (secondary N) is 1. The number of ether oxygens (including phenoxy) is 1. The van der Waals surface area contributed by atoms with E-state index >= 15 is 0 Å². The Morgan fingerprint density at radius 3 is 2.76 bits per heavy atom. The van der Waals surface area contributed by atoms with Crippen LogP contribution < -0.4 is 10.1 Å². The van der Waals surface area contributed by atoms with Crippen LogP contribution in [0.15, 0.2) is 28.9 Å². The number of benzene rings is 1. The number of amides is 1. The fraction of sp³-hybridized carbons (Fsp3) is 0.167. The first-order valence-electron chi connectivity index (χ1n) is 5.75. The molecular formula is C12H11BrN4O4. The van der Waals surface area contributed by atoms with Crippen molar-refractivity contribution >= 4 is 33.2 Å². The van der Waals surface area contributed by atoms with E-state index in [1.165, 1.54) is 30.0 Å². The Kier molecular flexibility index (Phi) is 4.22. The molecule has 0 saturated carbocycles. The van der Waals surface area contributed by atoms with Crippen LogP contribution in [0.5, 0.6) is 5.75 Å². The summed E-state index contributed by atoms with van der Waals surface area (Å²) in [4.78, 5) is 22.3. The Hall–Kier alpha value is -2.42. The second-order valence-electron chi connectivity index (χ2n) is 4.10. The van der Waals surface area contributed by atoms with Gasteiger partial charge in [0.15, 0.2) is 5.69 Å². The number of carbonyl (C=O) groups is 1. The highest BCUT2D eigenvalue weighted by molar-refractivity contribution is 9.10. The summed E-state index contributed by atoms with van der Waals surface area (Å²) >= 11 is 3.23. The smallest absolute Gasteiger partial charge is 0.277 e. The largest absolute Gasteiger partial charge is 0.494 e. The number of carbonyl (C=O) groups excluding carboxylic acids is 1. The number of aromatic nitrogens is 2. The molecule has 8 nitrogen and oxygen atoms in total. The SMILES string of the molecule is COc1cc([N+](=O)[O-])ccc1NC(=O)c1nn(C)cc1Br. The van der Waals surface area contributed by atoms with Gasteiger partial charge in [-0.15, -0.1) is 0 Å². The van der Waals surface area contributed by atoms with Crippen LogP contribution in [0.1, 0.15) is 10.5 Å². The van der Waals surface area contributed by atoms with Gasteiger partial charge in [-0.1, -0.05) is 0 Å². The number of nitrogens with zero attached hydrogens (tertiary/aromatic N) is 3. The molecule has 1 aromatic carbocycles. The normalized spacial score (nSPS) is 10.2. The van der Waals surface area contributed by atoms with Gasteiger partial charge < -0.3 is 10.1 Å². The van der Waals surface area contributed by atoms with E-state index in [1.54, 1.807) is 13.2 Å². The number of rotatable bonds is 4. The molecule has 110 valence electrons. The number of aryl methyl sites for hydroxylation is 1. The molecule has 0 spiro atoms. The minimum absolute atomic E-state index is 0.121. The van der Waals surface area contributed by atoms with Gasteiger partial charge >= 0.3 is 0 Å². The topological polar surface area (TPSA) is 99.3 Å². The standard InChI is InChI=1S/C12H11BrN4O4/c1-16-6-8(13)11(15-16)12(18)14-9-4-3-7(17(19)20)5-10(9)21-2/h3-6H,1-2H3,(H,14,18). The molecule has 0 bridgehead atoms. The maximum Gasteiger partial charge on any atom is 0.277 e. The molecule has 9 heteroatoms. The number of methoxy groups -OCH3 is 1. The third-order valence-electron chi connectivity index (χ3n) is 2.64. The van der Waals surface area contributed by atoms with Crippen LogP contribution in [0, 0.1) is 10.1 Å². The summed E-state index contributed by atoms with van der Waals surface area (Å²) in [6, 6.07) is 3.93. The van der Waals surface area contributed by atoms with Crippen molar-refractivity contribution in [2.45, 2.75) is 0 Å². The molecule has 1 amide bonds. The second kappa shape index (κ2) is 5.92. The molecule has 1 heterocycles. The van der Waals surface area contributed by atoms with E-state index in [0.717, 1.165) is 0 Å². The molecule has 0 saturated heterocycles. The summed E-state index contributed by atoms with van der Waals surface area (Å²) in [5.41, 5.74) is 0.410. The molecule has 1 aromatic heterocycles. The Balaban J connectivity index is 2.29. The van der Waals surface area contributed by atoms with Crippen molar-refractivity contribution in [3.63, 3.8) is 0 Å². The van der Waals surface area contributed by atoms with E-state index in [0.29, 0.717) is 10.2 Å². The minimum atomic E-state index is -0.538. The lowest BCUT2D eigenvalue weighted by molar-refractivity contribution is -0.384. The van der Waals surface area contributed by atoms with E-state index < -0.39 is 10.8 Å². The van der Waals surface area contributed by atoms with E-state index in [1.807, 2.05) is 0 Å². The quantitative estimate of drug-likeness (QED) is 0.670. The average Bonchev–Trinajstić information content (AvgIpc) is 2.78. The van der Waals surface area contributed by atoms with Crippen molar-refractivity contribution in [3.8, 4) is 5.75 Å². The zero-order valence-electron chi connectivity index (χ0n) is 11.2. The van der Waals surface area contributed by atoms with E-state index in [9.17, 15) is 14.9 Å². The number of halogens is 1. The summed E-state index contributed by atoms with van der Waals surface area (Å²) < 4.78 is 7.09. The Morgan fingerprint density at radius 2 is 2.24 bits per heavy atom. The monoisotopic (exact) mass is 354 g/mol. The Labute approximate surface area is 128 Å². The highest BCUT2D eigenvalue weighted by Gasteiger charge is 2.18. The predicted molar refractivity (Wildman–Crippen MR) is 78.5 cm³/mol. The first kappa shape index (κ1) is 15.0. The second-order valence-corrected chi connectivity index (χ2v) is 4.95. The summed E-state index contributed by atoms with van der Waals surface area (Å²) in [6.07, 6.45) is 1.64.